The van der Waals surface area contributed by atoms with Crippen molar-refractivity contribution in [3.63, 3.8) is 0 Å². The van der Waals surface area contributed by atoms with Crippen LogP contribution in [-0.2, 0) is 14.8 Å². The van der Waals surface area contributed by atoms with Crippen LogP contribution in [0.1, 0.15) is 32.1 Å². The summed E-state index contributed by atoms with van der Waals surface area (Å²) < 4.78 is 24.9. The van der Waals surface area contributed by atoms with Crippen molar-refractivity contribution in [3.8, 4) is 0 Å². The number of carboxylic acid groups (broad SMARTS) is 1. The van der Waals surface area contributed by atoms with Gasteiger partial charge in [0.1, 0.15) is 0 Å². The summed E-state index contributed by atoms with van der Waals surface area (Å²) in [5.41, 5.74) is 0. The monoisotopic (exact) mass is 318 g/mol. The summed E-state index contributed by atoms with van der Waals surface area (Å²) in [6.45, 7) is 4.20. The molecule has 2 aliphatic heterocycles. The van der Waals surface area contributed by atoms with Crippen molar-refractivity contribution in [3.05, 3.63) is 0 Å². The van der Waals surface area contributed by atoms with Crippen molar-refractivity contribution in [2.45, 2.75) is 32.1 Å². The van der Waals surface area contributed by atoms with Gasteiger partial charge in [0.2, 0.25) is 10.0 Å². The second kappa shape index (κ2) is 7.07. The van der Waals surface area contributed by atoms with Crippen LogP contribution in [0.15, 0.2) is 0 Å². The molecule has 2 rings (SSSR count). The number of piperidine rings is 1. The number of aliphatic carboxylic acids is 1. The maximum atomic E-state index is 11.6. The number of carboxylic acids is 1. The highest BCUT2D eigenvalue weighted by atomic mass is 32.2. The molecule has 1 N–H and O–H groups in total. The van der Waals surface area contributed by atoms with E-state index >= 15 is 0 Å². The van der Waals surface area contributed by atoms with Gasteiger partial charge in [-0.3, -0.25) is 4.79 Å². The highest BCUT2D eigenvalue weighted by Crippen LogP contribution is 2.25. The van der Waals surface area contributed by atoms with Crippen molar-refractivity contribution >= 4 is 16.0 Å². The van der Waals surface area contributed by atoms with Gasteiger partial charge in [-0.1, -0.05) is 0 Å². The van der Waals surface area contributed by atoms with Gasteiger partial charge < -0.3 is 10.0 Å². The molecule has 2 unspecified atom stereocenters. The lowest BCUT2D eigenvalue weighted by molar-refractivity contribution is -0.137. The van der Waals surface area contributed by atoms with Gasteiger partial charge in [-0.05, 0) is 44.1 Å². The van der Waals surface area contributed by atoms with Gasteiger partial charge in [0.25, 0.3) is 0 Å². The van der Waals surface area contributed by atoms with E-state index < -0.39 is 16.0 Å². The quantitative estimate of drug-likeness (QED) is 0.785. The second-order valence-corrected chi connectivity index (χ2v) is 8.46. The van der Waals surface area contributed by atoms with Gasteiger partial charge in [-0.2, -0.15) is 0 Å². The zero-order chi connectivity index (χ0) is 15.5. The predicted molar refractivity (Wildman–Crippen MR) is 80.6 cm³/mol. The van der Waals surface area contributed by atoms with E-state index in [9.17, 15) is 13.2 Å². The van der Waals surface area contributed by atoms with Gasteiger partial charge in [-0.25, -0.2) is 12.7 Å². The fraction of sp³-hybridized carbons (Fsp3) is 0.929. The molecule has 2 fully saturated rings. The van der Waals surface area contributed by atoms with Crippen LogP contribution in [0.4, 0.5) is 0 Å². The lowest BCUT2D eigenvalue weighted by Crippen LogP contribution is -2.43. The van der Waals surface area contributed by atoms with Crippen molar-refractivity contribution in [1.29, 1.82) is 0 Å². The molecule has 0 aromatic carbocycles. The van der Waals surface area contributed by atoms with Crippen LogP contribution in [0.25, 0.3) is 0 Å². The Balaban J connectivity index is 1.76. The molecule has 21 heavy (non-hydrogen) atoms. The zero-order valence-electron chi connectivity index (χ0n) is 12.7. The average Bonchev–Trinajstić information content (AvgIpc) is 2.83. The minimum absolute atomic E-state index is 0.254. The topological polar surface area (TPSA) is 77.9 Å². The molecule has 0 saturated carbocycles. The summed E-state index contributed by atoms with van der Waals surface area (Å²) in [5.74, 6) is 0.173. The van der Waals surface area contributed by atoms with Crippen LogP contribution >= 0.6 is 0 Å². The molecule has 0 amide bonds. The minimum atomic E-state index is -3.07. The number of hydrogen-bond donors (Lipinski definition) is 1. The third-order valence-corrected chi connectivity index (χ3v) is 5.87. The second-order valence-electron chi connectivity index (χ2n) is 6.48. The Hall–Kier alpha value is -0.660. The van der Waals surface area contributed by atoms with Gasteiger partial charge >= 0.3 is 5.97 Å². The molecular weight excluding hydrogens is 292 g/mol. The molecule has 0 spiro atoms. The fourth-order valence-electron chi connectivity index (χ4n) is 3.48. The van der Waals surface area contributed by atoms with E-state index in [1.165, 1.54) is 6.26 Å². The Kier molecular flexibility index (Phi) is 5.62. The van der Waals surface area contributed by atoms with Crippen LogP contribution in [0.2, 0.25) is 0 Å². The SMILES string of the molecule is CS(=O)(=O)N1CCCC(CN2CCC(CCC(=O)O)C2)C1. The first-order chi connectivity index (χ1) is 9.84. The average molecular weight is 318 g/mol. The van der Waals surface area contributed by atoms with Gasteiger partial charge in [-0.15, -0.1) is 0 Å². The number of rotatable bonds is 6. The molecule has 7 heteroatoms. The largest absolute Gasteiger partial charge is 0.481 e. The van der Waals surface area contributed by atoms with Gasteiger partial charge in [0, 0.05) is 32.6 Å². The van der Waals surface area contributed by atoms with E-state index in [0.29, 0.717) is 24.9 Å². The van der Waals surface area contributed by atoms with E-state index in [1.807, 2.05) is 0 Å². The van der Waals surface area contributed by atoms with Crippen LogP contribution in [0.5, 0.6) is 0 Å². The summed E-state index contributed by atoms with van der Waals surface area (Å²) in [6.07, 6.45) is 5.38. The molecule has 122 valence electrons. The Bertz CT molecular complexity index is 466. The van der Waals surface area contributed by atoms with Crippen molar-refractivity contribution in [2.24, 2.45) is 11.8 Å². The van der Waals surface area contributed by atoms with E-state index in [1.54, 1.807) is 4.31 Å². The maximum Gasteiger partial charge on any atom is 0.303 e. The summed E-state index contributed by atoms with van der Waals surface area (Å²) in [6, 6.07) is 0. The molecule has 6 nitrogen and oxygen atoms in total. The Labute approximate surface area is 127 Å². The van der Waals surface area contributed by atoms with Crippen molar-refractivity contribution < 1.29 is 18.3 Å². The third-order valence-electron chi connectivity index (χ3n) is 4.60. The third kappa shape index (κ3) is 5.23. The summed E-state index contributed by atoms with van der Waals surface area (Å²) in [4.78, 5) is 13.0. The minimum Gasteiger partial charge on any atom is -0.481 e. The summed E-state index contributed by atoms with van der Waals surface area (Å²) in [7, 11) is -3.07. The smallest absolute Gasteiger partial charge is 0.303 e. The van der Waals surface area contributed by atoms with Gasteiger partial charge in [0.15, 0.2) is 0 Å². The number of likely N-dealkylation sites (tertiary alicyclic amines) is 1. The number of nitrogens with zero attached hydrogens (tertiary/aromatic N) is 2. The molecule has 0 radical (unpaired) electrons. The van der Waals surface area contributed by atoms with E-state index in [4.69, 9.17) is 5.11 Å². The zero-order valence-corrected chi connectivity index (χ0v) is 13.5. The van der Waals surface area contributed by atoms with Crippen molar-refractivity contribution in [1.82, 2.24) is 9.21 Å². The molecule has 0 aromatic heterocycles. The predicted octanol–water partition coefficient (Wildman–Crippen LogP) is 0.845. The number of hydrogen-bond acceptors (Lipinski definition) is 4. The Morgan fingerprint density at radius 1 is 1.19 bits per heavy atom. The molecule has 2 heterocycles. The highest BCUT2D eigenvalue weighted by Gasteiger charge is 2.29. The lowest BCUT2D eigenvalue weighted by atomic mass is 9.99. The van der Waals surface area contributed by atoms with Crippen LogP contribution in [-0.4, -0.2) is 67.7 Å². The summed E-state index contributed by atoms with van der Waals surface area (Å²) >= 11 is 0. The van der Waals surface area contributed by atoms with Crippen molar-refractivity contribution in [2.75, 3.05) is 39.0 Å². The molecule has 2 saturated heterocycles. The molecule has 2 atom stereocenters. The number of sulfonamides is 1. The molecule has 2 aliphatic rings. The Morgan fingerprint density at radius 3 is 2.62 bits per heavy atom. The standard InChI is InChI=1S/C14H26N2O4S/c1-21(19,20)16-7-2-3-13(11-16)10-15-8-6-12(9-15)4-5-14(17)18/h12-13H,2-11H2,1H3,(H,17,18). The fourth-order valence-corrected chi connectivity index (χ4v) is 4.43. The first-order valence-corrected chi connectivity index (χ1v) is 9.58. The lowest BCUT2D eigenvalue weighted by Gasteiger charge is -2.33. The molecular formula is C14H26N2O4S. The van der Waals surface area contributed by atoms with E-state index in [-0.39, 0.29) is 6.42 Å². The van der Waals surface area contributed by atoms with E-state index in [0.717, 1.165) is 45.3 Å². The van der Waals surface area contributed by atoms with Crippen LogP contribution < -0.4 is 0 Å². The van der Waals surface area contributed by atoms with Crippen LogP contribution in [0.3, 0.4) is 0 Å². The van der Waals surface area contributed by atoms with E-state index in [2.05, 4.69) is 4.90 Å². The maximum absolute atomic E-state index is 11.6. The molecule has 0 bridgehead atoms. The molecule has 0 aliphatic carbocycles. The van der Waals surface area contributed by atoms with Crippen LogP contribution in [0, 0.1) is 11.8 Å². The normalized spacial score (nSPS) is 28.8. The Morgan fingerprint density at radius 2 is 1.95 bits per heavy atom. The highest BCUT2D eigenvalue weighted by molar-refractivity contribution is 7.88. The molecule has 0 aromatic rings. The van der Waals surface area contributed by atoms with Gasteiger partial charge in [0.05, 0.1) is 6.26 Å². The number of carbonyl (C=O) groups is 1. The first-order valence-electron chi connectivity index (χ1n) is 7.74. The summed E-state index contributed by atoms with van der Waals surface area (Å²) in [5, 5.41) is 8.73. The first kappa shape index (κ1) is 16.7.